The fraction of sp³-hybridized carbons (Fsp3) is 0.600. The quantitative estimate of drug-likeness (QED) is 0.895. The molecule has 0 radical (unpaired) electrons. The Morgan fingerprint density at radius 2 is 2.40 bits per heavy atom. The van der Waals surface area contributed by atoms with E-state index in [0.717, 1.165) is 31.2 Å². The lowest BCUT2D eigenvalue weighted by molar-refractivity contribution is -0.116. The summed E-state index contributed by atoms with van der Waals surface area (Å²) in [5, 5.41) is 12.9. The first-order chi connectivity index (χ1) is 9.55. The minimum atomic E-state index is -0.116. The van der Waals surface area contributed by atoms with Gasteiger partial charge in [0.05, 0.1) is 5.56 Å². The van der Waals surface area contributed by atoms with E-state index in [1.54, 1.807) is 11.3 Å². The number of hydrogen-bond donors (Lipinski definition) is 2. The van der Waals surface area contributed by atoms with Gasteiger partial charge in [-0.1, -0.05) is 13.8 Å². The van der Waals surface area contributed by atoms with Crippen molar-refractivity contribution in [3.63, 3.8) is 0 Å². The molecule has 1 aliphatic carbocycles. The molecule has 1 aromatic rings. The van der Waals surface area contributed by atoms with Crippen molar-refractivity contribution >= 4 is 22.2 Å². The number of nitrogens with zero attached hydrogens (tertiary/aromatic N) is 1. The van der Waals surface area contributed by atoms with Crippen molar-refractivity contribution in [1.29, 1.82) is 5.26 Å². The number of nitriles is 1. The van der Waals surface area contributed by atoms with Crippen LogP contribution >= 0.6 is 11.3 Å². The van der Waals surface area contributed by atoms with Gasteiger partial charge in [0.2, 0.25) is 5.91 Å². The second-order valence-electron chi connectivity index (χ2n) is 5.59. The van der Waals surface area contributed by atoms with Gasteiger partial charge in [-0.2, -0.15) is 5.26 Å². The maximum absolute atomic E-state index is 11.9. The molecule has 2 atom stereocenters. The maximum Gasteiger partial charge on any atom is 0.226 e. The van der Waals surface area contributed by atoms with Crippen LogP contribution in [0.4, 0.5) is 5.00 Å². The fourth-order valence-corrected chi connectivity index (χ4v) is 3.89. The molecule has 0 saturated carbocycles. The highest BCUT2D eigenvalue weighted by Gasteiger charge is 2.24. The number of carbonyl (C=O) groups is 1. The number of amides is 1. The first-order valence-corrected chi connectivity index (χ1v) is 7.96. The van der Waals surface area contributed by atoms with Crippen molar-refractivity contribution in [1.82, 2.24) is 0 Å². The summed E-state index contributed by atoms with van der Waals surface area (Å²) in [6, 6.07) is 2.14. The third kappa shape index (κ3) is 3.20. The molecule has 2 unspecified atom stereocenters. The standard InChI is InChI=1S/C15H21N3OS/c1-3-10(17)7-14(19)18-15-12(8-16)11-5-4-9(2)6-13(11)20-15/h9-10H,3-7,17H2,1-2H3,(H,18,19). The summed E-state index contributed by atoms with van der Waals surface area (Å²) in [5.74, 6) is 0.562. The lowest BCUT2D eigenvalue weighted by Crippen LogP contribution is -2.26. The molecular formula is C15H21N3OS. The van der Waals surface area contributed by atoms with Crippen molar-refractivity contribution in [3.05, 3.63) is 16.0 Å². The summed E-state index contributed by atoms with van der Waals surface area (Å²) in [6.45, 7) is 4.19. The molecule has 3 N–H and O–H groups in total. The van der Waals surface area contributed by atoms with E-state index in [1.165, 1.54) is 4.88 Å². The number of hydrogen-bond acceptors (Lipinski definition) is 4. The van der Waals surface area contributed by atoms with Crippen molar-refractivity contribution < 1.29 is 4.79 Å². The van der Waals surface area contributed by atoms with Crippen LogP contribution in [0.2, 0.25) is 0 Å². The average Bonchev–Trinajstić information content (AvgIpc) is 2.74. The fourth-order valence-electron chi connectivity index (χ4n) is 2.52. The van der Waals surface area contributed by atoms with Crippen LogP contribution in [0, 0.1) is 17.2 Å². The summed E-state index contributed by atoms with van der Waals surface area (Å²) in [4.78, 5) is 13.2. The van der Waals surface area contributed by atoms with E-state index in [1.807, 2.05) is 6.92 Å². The van der Waals surface area contributed by atoms with Crippen molar-refractivity contribution in [2.45, 2.75) is 52.0 Å². The summed E-state index contributed by atoms with van der Waals surface area (Å²) in [6.07, 6.45) is 4.16. The Morgan fingerprint density at radius 3 is 3.05 bits per heavy atom. The number of thiophene rings is 1. The van der Waals surface area contributed by atoms with E-state index in [4.69, 9.17) is 5.73 Å². The molecule has 4 nitrogen and oxygen atoms in total. The highest BCUT2D eigenvalue weighted by Crippen LogP contribution is 2.39. The normalized spacial score (nSPS) is 19.0. The Morgan fingerprint density at radius 1 is 1.65 bits per heavy atom. The number of fused-ring (bicyclic) bond motifs is 1. The molecule has 0 fully saturated rings. The zero-order valence-corrected chi connectivity index (χ0v) is 12.8. The summed E-state index contributed by atoms with van der Waals surface area (Å²) < 4.78 is 0. The number of rotatable bonds is 4. The molecule has 0 spiro atoms. The minimum Gasteiger partial charge on any atom is -0.327 e. The second-order valence-corrected chi connectivity index (χ2v) is 6.69. The molecule has 2 rings (SSSR count). The van der Waals surface area contributed by atoms with E-state index >= 15 is 0 Å². The van der Waals surface area contributed by atoms with E-state index in [0.29, 0.717) is 22.9 Å². The molecule has 0 aliphatic heterocycles. The zero-order valence-electron chi connectivity index (χ0n) is 12.0. The summed E-state index contributed by atoms with van der Waals surface area (Å²) in [7, 11) is 0. The predicted molar refractivity (Wildman–Crippen MR) is 81.7 cm³/mol. The number of nitrogens with one attached hydrogen (secondary N) is 1. The Bertz CT molecular complexity index is 544. The lowest BCUT2D eigenvalue weighted by atomic mass is 9.88. The molecule has 1 aromatic heterocycles. The molecule has 1 amide bonds. The monoisotopic (exact) mass is 291 g/mol. The molecular weight excluding hydrogens is 270 g/mol. The lowest BCUT2D eigenvalue weighted by Gasteiger charge is -2.17. The summed E-state index contributed by atoms with van der Waals surface area (Å²) in [5.41, 5.74) is 7.60. The predicted octanol–water partition coefficient (Wildman–Crippen LogP) is 2.81. The molecule has 5 heteroatoms. The van der Waals surface area contributed by atoms with Gasteiger partial charge in [-0.15, -0.1) is 11.3 Å². The van der Waals surface area contributed by atoms with Crippen molar-refractivity contribution in [2.75, 3.05) is 5.32 Å². The van der Waals surface area contributed by atoms with Crippen molar-refractivity contribution in [3.8, 4) is 6.07 Å². The third-order valence-corrected chi connectivity index (χ3v) is 5.02. The smallest absolute Gasteiger partial charge is 0.226 e. The third-order valence-electron chi connectivity index (χ3n) is 3.85. The highest BCUT2D eigenvalue weighted by molar-refractivity contribution is 7.16. The largest absolute Gasteiger partial charge is 0.327 e. The summed E-state index contributed by atoms with van der Waals surface area (Å²) >= 11 is 1.56. The van der Waals surface area contributed by atoms with E-state index < -0.39 is 0 Å². The van der Waals surface area contributed by atoms with Gasteiger partial charge in [-0.3, -0.25) is 4.79 Å². The topological polar surface area (TPSA) is 78.9 Å². The average molecular weight is 291 g/mol. The van der Waals surface area contributed by atoms with Crippen LogP contribution in [0.5, 0.6) is 0 Å². The second kappa shape index (κ2) is 6.38. The Kier molecular flexibility index (Phi) is 4.79. The van der Waals surface area contributed by atoms with E-state index in [-0.39, 0.29) is 11.9 Å². The SMILES string of the molecule is CCC(N)CC(=O)Nc1sc2c(c1C#N)CCC(C)C2. The molecule has 1 aliphatic rings. The Balaban J connectivity index is 2.16. The molecule has 0 saturated heterocycles. The van der Waals surface area contributed by atoms with Crippen LogP contribution in [0.3, 0.4) is 0 Å². The van der Waals surface area contributed by atoms with Gasteiger partial charge in [0.1, 0.15) is 11.1 Å². The van der Waals surface area contributed by atoms with Gasteiger partial charge in [0.25, 0.3) is 0 Å². The maximum atomic E-state index is 11.9. The van der Waals surface area contributed by atoms with Crippen LogP contribution in [-0.2, 0) is 17.6 Å². The Hall–Kier alpha value is -1.38. The van der Waals surface area contributed by atoms with Crippen LogP contribution in [0.1, 0.15) is 49.1 Å². The van der Waals surface area contributed by atoms with Gasteiger partial charge in [-0.25, -0.2) is 0 Å². The van der Waals surface area contributed by atoms with Crippen LogP contribution in [0.15, 0.2) is 0 Å². The zero-order chi connectivity index (χ0) is 14.7. The van der Waals surface area contributed by atoms with Gasteiger partial charge < -0.3 is 11.1 Å². The van der Waals surface area contributed by atoms with E-state index in [9.17, 15) is 10.1 Å². The number of carbonyl (C=O) groups excluding carboxylic acids is 1. The van der Waals surface area contributed by atoms with Gasteiger partial charge in [0, 0.05) is 17.3 Å². The van der Waals surface area contributed by atoms with Crippen LogP contribution in [0.25, 0.3) is 0 Å². The minimum absolute atomic E-state index is 0.0949. The first-order valence-electron chi connectivity index (χ1n) is 7.15. The molecule has 1 heterocycles. The van der Waals surface area contributed by atoms with Gasteiger partial charge in [0.15, 0.2) is 0 Å². The highest BCUT2D eigenvalue weighted by atomic mass is 32.1. The molecule has 0 bridgehead atoms. The van der Waals surface area contributed by atoms with Crippen LogP contribution in [-0.4, -0.2) is 11.9 Å². The first kappa shape index (κ1) is 15.0. The molecule has 108 valence electrons. The number of nitrogens with two attached hydrogens (primary N) is 1. The van der Waals surface area contributed by atoms with Crippen molar-refractivity contribution in [2.24, 2.45) is 11.7 Å². The molecule has 20 heavy (non-hydrogen) atoms. The number of anilines is 1. The van der Waals surface area contributed by atoms with E-state index in [2.05, 4.69) is 18.3 Å². The van der Waals surface area contributed by atoms with Crippen LogP contribution < -0.4 is 11.1 Å². The van der Waals surface area contributed by atoms with Gasteiger partial charge >= 0.3 is 0 Å². The molecule has 0 aromatic carbocycles. The Labute approximate surface area is 124 Å². The van der Waals surface area contributed by atoms with Gasteiger partial charge in [-0.05, 0) is 37.2 Å².